The third kappa shape index (κ3) is 2.80. The summed E-state index contributed by atoms with van der Waals surface area (Å²) in [5.41, 5.74) is 1.81. The predicted molar refractivity (Wildman–Crippen MR) is 67.1 cm³/mol. The summed E-state index contributed by atoms with van der Waals surface area (Å²) in [5.74, 6) is -3.90. The molecular weight excluding hydrogens is 342 g/mol. The number of benzene rings is 1. The summed E-state index contributed by atoms with van der Waals surface area (Å²) in [7, 11) is 0. The summed E-state index contributed by atoms with van der Waals surface area (Å²) >= 11 is 0. The Labute approximate surface area is 131 Å². The molecule has 2 aliphatic heterocycles. The van der Waals surface area contributed by atoms with E-state index < -0.39 is 24.2 Å². The molecule has 0 fully saturated rings. The fraction of sp³-hybridized carbons (Fsp3) is 0.429. The van der Waals surface area contributed by atoms with Gasteiger partial charge in [0, 0.05) is 26.2 Å². The molecule has 1 aromatic rings. The van der Waals surface area contributed by atoms with E-state index in [1.807, 2.05) is 0 Å². The third-order valence-corrected chi connectivity index (χ3v) is 4.03. The highest BCUT2D eigenvalue weighted by Crippen LogP contribution is 2.34. The second-order valence-corrected chi connectivity index (χ2v) is 5.71. The number of amides is 2. The molecule has 0 atom stereocenters. The van der Waals surface area contributed by atoms with E-state index in [9.17, 15) is 35.9 Å². The first kappa shape index (κ1) is 16.6. The zero-order chi connectivity index (χ0) is 17.9. The molecule has 24 heavy (non-hydrogen) atoms. The Balaban J connectivity index is 1.78. The van der Waals surface area contributed by atoms with Gasteiger partial charge >= 0.3 is 24.2 Å². The number of carbonyl (C=O) groups excluding carboxylic acids is 2. The normalized spacial score (nSPS) is 17.1. The molecule has 0 aromatic heterocycles. The molecular formula is C14H10F6N2O2. The highest BCUT2D eigenvalue weighted by atomic mass is 19.4. The van der Waals surface area contributed by atoms with E-state index in [2.05, 4.69) is 0 Å². The van der Waals surface area contributed by atoms with Gasteiger partial charge in [-0.25, -0.2) is 0 Å². The lowest BCUT2D eigenvalue weighted by Gasteiger charge is -2.17. The molecule has 1 aromatic carbocycles. The van der Waals surface area contributed by atoms with E-state index in [1.54, 1.807) is 0 Å². The summed E-state index contributed by atoms with van der Waals surface area (Å²) in [6, 6.07) is 2.94. The molecule has 3 rings (SSSR count). The first-order chi connectivity index (χ1) is 11.0. The van der Waals surface area contributed by atoms with Crippen LogP contribution in [0.4, 0.5) is 26.3 Å². The Morgan fingerprint density at radius 3 is 1.12 bits per heavy atom. The van der Waals surface area contributed by atoms with E-state index in [-0.39, 0.29) is 26.2 Å². The molecule has 4 nitrogen and oxygen atoms in total. The Hall–Kier alpha value is -2.26. The van der Waals surface area contributed by atoms with Crippen molar-refractivity contribution in [3.05, 3.63) is 34.4 Å². The summed E-state index contributed by atoms with van der Waals surface area (Å²) in [4.78, 5) is 23.8. The van der Waals surface area contributed by atoms with Crippen molar-refractivity contribution in [3.8, 4) is 0 Å². The molecule has 0 unspecified atom stereocenters. The van der Waals surface area contributed by atoms with Crippen molar-refractivity contribution in [3.63, 3.8) is 0 Å². The number of hydrogen-bond donors (Lipinski definition) is 0. The fourth-order valence-corrected chi connectivity index (χ4v) is 2.96. The van der Waals surface area contributed by atoms with E-state index in [1.165, 1.54) is 12.1 Å². The van der Waals surface area contributed by atoms with Crippen LogP contribution in [-0.2, 0) is 35.8 Å². The average Bonchev–Trinajstić information content (AvgIpc) is 3.03. The molecule has 0 spiro atoms. The Kier molecular flexibility index (Phi) is 3.54. The number of alkyl halides is 6. The maximum Gasteiger partial charge on any atom is 0.471 e. The van der Waals surface area contributed by atoms with Gasteiger partial charge in [0.05, 0.1) is 0 Å². The van der Waals surface area contributed by atoms with Gasteiger partial charge in [-0.15, -0.1) is 0 Å². The van der Waals surface area contributed by atoms with Gasteiger partial charge in [0.25, 0.3) is 0 Å². The number of fused-ring (bicyclic) bond motifs is 2. The molecule has 0 saturated heterocycles. The van der Waals surface area contributed by atoms with Crippen molar-refractivity contribution < 1.29 is 35.9 Å². The van der Waals surface area contributed by atoms with E-state index in [4.69, 9.17) is 0 Å². The monoisotopic (exact) mass is 352 g/mol. The van der Waals surface area contributed by atoms with Crippen LogP contribution in [0, 0.1) is 0 Å². The van der Waals surface area contributed by atoms with Gasteiger partial charge in [0.1, 0.15) is 0 Å². The first-order valence-electron chi connectivity index (χ1n) is 6.82. The van der Waals surface area contributed by atoms with Gasteiger partial charge in [0.15, 0.2) is 0 Å². The van der Waals surface area contributed by atoms with Gasteiger partial charge in [-0.2, -0.15) is 26.3 Å². The fourth-order valence-electron chi connectivity index (χ4n) is 2.96. The first-order valence-corrected chi connectivity index (χ1v) is 6.82. The molecule has 2 amide bonds. The van der Waals surface area contributed by atoms with Crippen LogP contribution in [-0.4, -0.2) is 34.0 Å². The van der Waals surface area contributed by atoms with Crippen LogP contribution >= 0.6 is 0 Å². The largest absolute Gasteiger partial charge is 0.471 e. The predicted octanol–water partition coefficient (Wildman–Crippen LogP) is 2.50. The SMILES string of the molecule is O=C(N1Cc2cc3c(cc2C1)CN(C(=O)C(F)(F)F)C3)C(F)(F)F. The van der Waals surface area contributed by atoms with Crippen LogP contribution in [0.2, 0.25) is 0 Å². The zero-order valence-corrected chi connectivity index (χ0v) is 12.0. The van der Waals surface area contributed by atoms with Gasteiger partial charge in [-0.05, 0) is 22.3 Å². The minimum Gasteiger partial charge on any atom is -0.326 e. The molecule has 0 radical (unpaired) electrons. The van der Waals surface area contributed by atoms with Gasteiger partial charge < -0.3 is 9.80 Å². The topological polar surface area (TPSA) is 40.6 Å². The number of carbonyl (C=O) groups is 2. The summed E-state index contributed by atoms with van der Waals surface area (Å²) in [5, 5.41) is 0. The molecule has 10 heteroatoms. The minimum atomic E-state index is -4.97. The van der Waals surface area contributed by atoms with Gasteiger partial charge in [-0.1, -0.05) is 12.1 Å². The maximum atomic E-state index is 12.5. The molecule has 2 aliphatic rings. The van der Waals surface area contributed by atoms with Crippen LogP contribution in [0.1, 0.15) is 22.3 Å². The average molecular weight is 352 g/mol. The van der Waals surface area contributed by atoms with E-state index >= 15 is 0 Å². The maximum absolute atomic E-state index is 12.5. The van der Waals surface area contributed by atoms with E-state index in [0.717, 1.165) is 0 Å². The molecule has 2 heterocycles. The summed E-state index contributed by atoms with van der Waals surface area (Å²) in [6.45, 7) is -1.02. The Morgan fingerprint density at radius 1 is 0.667 bits per heavy atom. The van der Waals surface area contributed by atoms with E-state index in [0.29, 0.717) is 32.1 Å². The number of rotatable bonds is 0. The summed E-state index contributed by atoms with van der Waals surface area (Å²) < 4.78 is 74.8. The quantitative estimate of drug-likeness (QED) is 0.673. The zero-order valence-electron chi connectivity index (χ0n) is 12.0. The number of halogens is 6. The minimum absolute atomic E-state index is 0.256. The number of nitrogens with zero attached hydrogens (tertiary/aromatic N) is 2. The van der Waals surface area contributed by atoms with Crippen molar-refractivity contribution in [2.45, 2.75) is 38.5 Å². The van der Waals surface area contributed by atoms with Gasteiger partial charge in [-0.3, -0.25) is 9.59 Å². The highest BCUT2D eigenvalue weighted by Gasteiger charge is 2.46. The third-order valence-electron chi connectivity index (χ3n) is 4.03. The molecule has 0 aliphatic carbocycles. The lowest BCUT2D eigenvalue weighted by molar-refractivity contribution is -0.186. The lowest BCUT2D eigenvalue weighted by atomic mass is 10.0. The van der Waals surface area contributed by atoms with Crippen LogP contribution in [0.5, 0.6) is 0 Å². The smallest absolute Gasteiger partial charge is 0.326 e. The highest BCUT2D eigenvalue weighted by molar-refractivity contribution is 5.83. The molecule has 130 valence electrons. The lowest BCUT2D eigenvalue weighted by Crippen LogP contribution is -2.37. The Bertz CT molecular complexity index is 633. The molecule has 0 saturated carbocycles. The Morgan fingerprint density at radius 2 is 0.917 bits per heavy atom. The van der Waals surface area contributed by atoms with Gasteiger partial charge in [0.2, 0.25) is 0 Å². The van der Waals surface area contributed by atoms with Crippen molar-refractivity contribution in [2.24, 2.45) is 0 Å². The molecule has 0 N–H and O–H groups in total. The van der Waals surface area contributed by atoms with Crippen molar-refractivity contribution in [1.82, 2.24) is 9.80 Å². The van der Waals surface area contributed by atoms with Crippen LogP contribution in [0.15, 0.2) is 12.1 Å². The van der Waals surface area contributed by atoms with Crippen molar-refractivity contribution in [2.75, 3.05) is 0 Å². The summed E-state index contributed by atoms with van der Waals surface area (Å²) in [6.07, 6.45) is -9.94. The van der Waals surface area contributed by atoms with Crippen molar-refractivity contribution in [1.29, 1.82) is 0 Å². The van der Waals surface area contributed by atoms with Crippen LogP contribution in [0.25, 0.3) is 0 Å². The second kappa shape index (κ2) is 5.12. The van der Waals surface area contributed by atoms with Crippen LogP contribution in [0.3, 0.4) is 0 Å². The number of hydrogen-bond acceptors (Lipinski definition) is 2. The molecule has 0 bridgehead atoms. The van der Waals surface area contributed by atoms with Crippen molar-refractivity contribution >= 4 is 11.8 Å². The standard InChI is InChI=1S/C14H10F6N2O2/c15-13(16,17)11(23)21-3-7-1-8-4-22(12(24)14(18,19)20)6-10(8)2-9(7)5-21/h1-2H,3-6H2. The second-order valence-electron chi connectivity index (χ2n) is 5.71. The van der Waals surface area contributed by atoms with Crippen LogP contribution < -0.4 is 0 Å².